The summed E-state index contributed by atoms with van der Waals surface area (Å²) in [4.78, 5) is 5.13. The summed E-state index contributed by atoms with van der Waals surface area (Å²) < 4.78 is 39.0. The fraction of sp³-hybridized carbons (Fsp3) is 0.286. The Bertz CT molecular complexity index is 698. The van der Waals surface area contributed by atoms with Crippen molar-refractivity contribution in [1.29, 1.82) is 5.26 Å². The van der Waals surface area contributed by atoms with Crippen molar-refractivity contribution in [2.24, 2.45) is 0 Å². The third-order valence-corrected chi connectivity index (χ3v) is 3.97. The van der Waals surface area contributed by atoms with Gasteiger partial charge in [0, 0.05) is 10.6 Å². The molecule has 110 valence electrons. The van der Waals surface area contributed by atoms with E-state index in [4.69, 9.17) is 5.26 Å². The number of nitrogens with zero attached hydrogens (tertiary/aromatic N) is 2. The van der Waals surface area contributed by atoms with Gasteiger partial charge in [0.15, 0.2) is 0 Å². The maximum atomic E-state index is 13.0. The molecule has 0 aliphatic carbocycles. The summed E-state index contributed by atoms with van der Waals surface area (Å²) in [6.45, 7) is 3.94. The van der Waals surface area contributed by atoms with Crippen molar-refractivity contribution in [2.75, 3.05) is 5.32 Å². The van der Waals surface area contributed by atoms with Crippen molar-refractivity contribution in [1.82, 2.24) is 4.98 Å². The highest BCUT2D eigenvalue weighted by Gasteiger charge is 2.33. The molecule has 2 rings (SSSR count). The van der Waals surface area contributed by atoms with E-state index in [0.29, 0.717) is 0 Å². The fourth-order valence-corrected chi connectivity index (χ4v) is 2.79. The van der Waals surface area contributed by atoms with E-state index in [-0.39, 0.29) is 17.8 Å². The molecule has 2 aromatic rings. The van der Waals surface area contributed by atoms with Crippen LogP contribution in [0.1, 0.15) is 26.7 Å². The van der Waals surface area contributed by atoms with Crippen molar-refractivity contribution in [3.05, 3.63) is 44.9 Å². The minimum absolute atomic E-state index is 0.0160. The number of aromatic nitrogens is 1. The zero-order valence-electron chi connectivity index (χ0n) is 11.4. The summed E-state index contributed by atoms with van der Waals surface area (Å²) in [7, 11) is 0. The third-order valence-electron chi connectivity index (χ3n) is 2.89. The van der Waals surface area contributed by atoms with Gasteiger partial charge in [-0.2, -0.15) is 18.4 Å². The second-order valence-corrected chi connectivity index (χ2v) is 5.75. The van der Waals surface area contributed by atoms with Crippen molar-refractivity contribution in [3.8, 4) is 6.07 Å². The molecule has 7 heteroatoms. The van der Waals surface area contributed by atoms with E-state index in [9.17, 15) is 13.2 Å². The lowest BCUT2D eigenvalue weighted by molar-refractivity contribution is -0.137. The van der Waals surface area contributed by atoms with Crippen LogP contribution >= 0.6 is 11.3 Å². The number of nitrogens with one attached hydrogen (secondary N) is 1. The van der Waals surface area contributed by atoms with Gasteiger partial charge in [0.25, 0.3) is 0 Å². The number of thiazole rings is 1. The number of benzene rings is 1. The summed E-state index contributed by atoms with van der Waals surface area (Å²) in [5.41, 5.74) is -0.0720. The van der Waals surface area contributed by atoms with Crippen LogP contribution < -0.4 is 5.32 Å². The van der Waals surface area contributed by atoms with Crippen LogP contribution in [-0.4, -0.2) is 4.98 Å². The predicted octanol–water partition coefficient (Wildman–Crippen LogP) is 4.26. The standard InChI is InChI=1S/C14H12F3N3S/c1-8-13(21-9(2)20-8)7-19-12-4-3-10(6-18)5-11(12)14(15,16)17/h3-5,19H,7H2,1-2H3. The number of hydrogen-bond donors (Lipinski definition) is 1. The topological polar surface area (TPSA) is 48.7 Å². The molecule has 0 spiro atoms. The van der Waals surface area contributed by atoms with Crippen LogP contribution in [0.2, 0.25) is 0 Å². The molecule has 0 saturated heterocycles. The molecule has 1 heterocycles. The van der Waals surface area contributed by atoms with E-state index in [1.54, 1.807) is 6.07 Å². The first kappa shape index (κ1) is 15.3. The molecule has 0 bridgehead atoms. The Hall–Kier alpha value is -2.07. The van der Waals surface area contributed by atoms with Crippen LogP contribution in [0, 0.1) is 25.2 Å². The maximum absolute atomic E-state index is 13.0. The second kappa shape index (κ2) is 5.74. The van der Waals surface area contributed by atoms with Crippen LogP contribution in [0.5, 0.6) is 0 Å². The lowest BCUT2D eigenvalue weighted by atomic mass is 10.1. The van der Waals surface area contributed by atoms with Gasteiger partial charge < -0.3 is 5.32 Å². The first-order valence-corrected chi connectivity index (χ1v) is 6.91. The quantitative estimate of drug-likeness (QED) is 0.921. The average Bonchev–Trinajstić information content (AvgIpc) is 2.73. The summed E-state index contributed by atoms with van der Waals surface area (Å²) in [5, 5.41) is 12.4. The van der Waals surface area contributed by atoms with Gasteiger partial charge in [-0.05, 0) is 32.0 Å². The van der Waals surface area contributed by atoms with Gasteiger partial charge >= 0.3 is 6.18 Å². The Labute approximate surface area is 124 Å². The second-order valence-electron chi connectivity index (χ2n) is 4.46. The fourth-order valence-electron chi connectivity index (χ4n) is 1.92. The lowest BCUT2D eigenvalue weighted by Crippen LogP contribution is -2.11. The lowest BCUT2D eigenvalue weighted by Gasteiger charge is -2.14. The molecular weight excluding hydrogens is 299 g/mol. The Morgan fingerprint density at radius 3 is 2.57 bits per heavy atom. The number of aryl methyl sites for hydroxylation is 2. The number of nitriles is 1. The normalized spacial score (nSPS) is 11.2. The van der Waals surface area contributed by atoms with Gasteiger partial charge in [-0.1, -0.05) is 0 Å². The third kappa shape index (κ3) is 3.52. The summed E-state index contributed by atoms with van der Waals surface area (Å²) >= 11 is 1.45. The van der Waals surface area contributed by atoms with E-state index >= 15 is 0 Å². The van der Waals surface area contributed by atoms with Gasteiger partial charge in [0.1, 0.15) is 0 Å². The first-order chi connectivity index (χ1) is 9.81. The Morgan fingerprint density at radius 2 is 2.05 bits per heavy atom. The molecule has 0 unspecified atom stereocenters. The minimum Gasteiger partial charge on any atom is -0.380 e. The molecule has 0 amide bonds. The van der Waals surface area contributed by atoms with Crippen molar-refractivity contribution in [2.45, 2.75) is 26.6 Å². The maximum Gasteiger partial charge on any atom is 0.418 e. The molecule has 0 aliphatic heterocycles. The van der Waals surface area contributed by atoms with Gasteiger partial charge in [-0.3, -0.25) is 0 Å². The van der Waals surface area contributed by atoms with Gasteiger partial charge in [0.2, 0.25) is 0 Å². The zero-order valence-corrected chi connectivity index (χ0v) is 12.2. The monoisotopic (exact) mass is 311 g/mol. The number of rotatable bonds is 3. The van der Waals surface area contributed by atoms with Gasteiger partial charge in [0.05, 0.1) is 34.4 Å². The highest BCUT2D eigenvalue weighted by atomic mass is 32.1. The van der Waals surface area contributed by atoms with E-state index in [0.717, 1.165) is 21.6 Å². The molecule has 1 aromatic heterocycles. The van der Waals surface area contributed by atoms with E-state index in [2.05, 4.69) is 10.3 Å². The zero-order chi connectivity index (χ0) is 15.6. The van der Waals surface area contributed by atoms with Crippen molar-refractivity contribution < 1.29 is 13.2 Å². The Morgan fingerprint density at radius 1 is 1.33 bits per heavy atom. The van der Waals surface area contributed by atoms with Crippen molar-refractivity contribution in [3.63, 3.8) is 0 Å². The highest BCUT2D eigenvalue weighted by molar-refractivity contribution is 7.11. The molecule has 0 atom stereocenters. The molecule has 0 aliphatic rings. The van der Waals surface area contributed by atoms with Gasteiger partial charge in [-0.25, -0.2) is 4.98 Å². The van der Waals surface area contributed by atoms with Crippen LogP contribution in [0.3, 0.4) is 0 Å². The number of hydrogen-bond acceptors (Lipinski definition) is 4. The Balaban J connectivity index is 2.28. The minimum atomic E-state index is -4.51. The SMILES string of the molecule is Cc1nc(C)c(CNc2ccc(C#N)cc2C(F)(F)F)s1. The summed E-state index contributed by atoms with van der Waals surface area (Å²) in [6.07, 6.45) is -4.51. The largest absolute Gasteiger partial charge is 0.418 e. The molecule has 21 heavy (non-hydrogen) atoms. The summed E-state index contributed by atoms with van der Waals surface area (Å²) in [6, 6.07) is 5.22. The first-order valence-electron chi connectivity index (χ1n) is 6.09. The molecule has 0 saturated carbocycles. The van der Waals surface area contributed by atoms with E-state index < -0.39 is 11.7 Å². The smallest absolute Gasteiger partial charge is 0.380 e. The van der Waals surface area contributed by atoms with Crippen LogP contribution in [0.15, 0.2) is 18.2 Å². The van der Waals surface area contributed by atoms with Crippen LogP contribution in [0.4, 0.5) is 18.9 Å². The predicted molar refractivity (Wildman–Crippen MR) is 75.1 cm³/mol. The molecule has 1 aromatic carbocycles. The molecule has 0 radical (unpaired) electrons. The Kier molecular flexibility index (Phi) is 4.19. The molecule has 3 nitrogen and oxygen atoms in total. The number of halogens is 3. The molecule has 1 N–H and O–H groups in total. The average molecular weight is 311 g/mol. The van der Waals surface area contributed by atoms with Gasteiger partial charge in [-0.15, -0.1) is 11.3 Å². The highest BCUT2D eigenvalue weighted by Crippen LogP contribution is 2.35. The van der Waals surface area contributed by atoms with E-state index in [1.165, 1.54) is 23.5 Å². The molecule has 0 fully saturated rings. The summed E-state index contributed by atoms with van der Waals surface area (Å²) in [5.74, 6) is 0. The number of alkyl halides is 3. The van der Waals surface area contributed by atoms with Crippen LogP contribution in [-0.2, 0) is 12.7 Å². The van der Waals surface area contributed by atoms with E-state index in [1.807, 2.05) is 13.8 Å². The molecular formula is C14H12F3N3S. The van der Waals surface area contributed by atoms with Crippen LogP contribution in [0.25, 0.3) is 0 Å². The van der Waals surface area contributed by atoms with Crippen molar-refractivity contribution >= 4 is 17.0 Å². The number of anilines is 1.